The second-order valence-corrected chi connectivity index (χ2v) is 6.75. The van der Waals surface area contributed by atoms with Crippen molar-refractivity contribution in [2.24, 2.45) is 7.05 Å². The van der Waals surface area contributed by atoms with Gasteiger partial charge in [-0.1, -0.05) is 24.3 Å². The van der Waals surface area contributed by atoms with Gasteiger partial charge in [-0.15, -0.1) is 0 Å². The first-order valence-electron chi connectivity index (χ1n) is 8.71. The van der Waals surface area contributed by atoms with Crippen molar-refractivity contribution in [2.45, 2.75) is 12.6 Å². The third-order valence-electron chi connectivity index (χ3n) is 4.70. The van der Waals surface area contributed by atoms with Crippen LogP contribution in [0.1, 0.15) is 11.6 Å². The summed E-state index contributed by atoms with van der Waals surface area (Å²) < 4.78 is 16.5. The van der Waals surface area contributed by atoms with Crippen LogP contribution in [0.3, 0.4) is 0 Å². The van der Waals surface area contributed by atoms with Crippen molar-refractivity contribution in [3.8, 4) is 0 Å². The molecule has 0 unspecified atom stereocenters. The Morgan fingerprint density at radius 2 is 1.85 bits per heavy atom. The summed E-state index contributed by atoms with van der Waals surface area (Å²) in [4.78, 5) is 26.8. The van der Waals surface area contributed by atoms with E-state index in [4.69, 9.17) is 0 Å². The average molecular weight is 370 g/mol. The molecule has 1 amide bonds. The van der Waals surface area contributed by atoms with Gasteiger partial charge in [0.15, 0.2) is 0 Å². The number of imidazole rings is 1. The lowest BCUT2D eigenvalue weighted by molar-refractivity contribution is -0.121. The summed E-state index contributed by atoms with van der Waals surface area (Å²) in [5.41, 5.74) is 2.04. The summed E-state index contributed by atoms with van der Waals surface area (Å²) in [5, 5.41) is 2.86. The molecule has 1 N–H and O–H groups in total. The van der Waals surface area contributed by atoms with Gasteiger partial charge in [-0.3, -0.25) is 13.9 Å². The molecule has 7 heteroatoms. The molecule has 0 saturated carbocycles. The fourth-order valence-electron chi connectivity index (χ4n) is 3.24. The first-order chi connectivity index (χ1) is 12.9. The lowest BCUT2D eigenvalue weighted by Gasteiger charge is -2.25. The van der Waals surface area contributed by atoms with Crippen LogP contribution in [-0.2, 0) is 18.4 Å². The summed E-state index contributed by atoms with van der Waals surface area (Å²) in [6.45, 7) is 0.248. The molecule has 0 aliphatic rings. The Morgan fingerprint density at radius 3 is 2.52 bits per heavy atom. The van der Waals surface area contributed by atoms with Crippen LogP contribution in [-0.4, -0.2) is 40.6 Å². The third-order valence-corrected chi connectivity index (χ3v) is 4.70. The fraction of sp³-hybridized carbons (Fsp3) is 0.300. The average Bonchev–Trinajstić information content (AvgIpc) is 2.87. The van der Waals surface area contributed by atoms with E-state index in [1.807, 2.05) is 49.3 Å². The van der Waals surface area contributed by atoms with Crippen molar-refractivity contribution in [3.05, 3.63) is 70.4 Å². The van der Waals surface area contributed by atoms with Crippen LogP contribution in [0.2, 0.25) is 0 Å². The highest BCUT2D eigenvalue weighted by Gasteiger charge is 2.17. The number of benzene rings is 2. The number of rotatable bonds is 6. The van der Waals surface area contributed by atoms with Crippen LogP contribution in [0.25, 0.3) is 11.0 Å². The van der Waals surface area contributed by atoms with Crippen molar-refractivity contribution in [1.29, 1.82) is 0 Å². The Hall–Kier alpha value is -2.93. The van der Waals surface area contributed by atoms with Gasteiger partial charge in [0, 0.05) is 13.6 Å². The Kier molecular flexibility index (Phi) is 5.41. The molecule has 0 spiro atoms. The van der Waals surface area contributed by atoms with E-state index in [0.717, 1.165) is 16.6 Å². The van der Waals surface area contributed by atoms with Crippen molar-refractivity contribution >= 4 is 16.9 Å². The quantitative estimate of drug-likeness (QED) is 0.721. The van der Waals surface area contributed by atoms with E-state index in [9.17, 15) is 14.0 Å². The van der Waals surface area contributed by atoms with E-state index >= 15 is 0 Å². The van der Waals surface area contributed by atoms with Gasteiger partial charge < -0.3 is 10.2 Å². The number of likely N-dealkylation sites (N-methyl/N-ethyl adjacent to an activating group) is 1. The number of aromatic nitrogens is 2. The van der Waals surface area contributed by atoms with Gasteiger partial charge in [0.2, 0.25) is 5.91 Å². The number of halogens is 1. The molecule has 0 aliphatic heterocycles. The highest BCUT2D eigenvalue weighted by atomic mass is 19.1. The van der Waals surface area contributed by atoms with E-state index in [-0.39, 0.29) is 30.0 Å². The molecule has 0 saturated heterocycles. The third kappa shape index (κ3) is 3.93. The van der Waals surface area contributed by atoms with E-state index in [2.05, 4.69) is 5.32 Å². The molecule has 27 heavy (non-hydrogen) atoms. The predicted octanol–water partition coefficient (Wildman–Crippen LogP) is 1.90. The Morgan fingerprint density at radius 1 is 1.15 bits per heavy atom. The standard InChI is InChI=1S/C20H23FN4O2/c1-23(2)18(14-7-6-8-15(21)11-14)12-22-19(26)13-25-17-10-5-4-9-16(17)24(3)20(25)27/h4-11,18H,12-13H2,1-3H3,(H,22,26)/t18-/m0/s1. The maximum Gasteiger partial charge on any atom is 0.329 e. The van der Waals surface area contributed by atoms with Crippen LogP contribution in [0, 0.1) is 5.82 Å². The number of carbonyl (C=O) groups is 1. The number of nitrogens with zero attached hydrogens (tertiary/aromatic N) is 3. The SMILES string of the molecule is CN(C)[C@@H](CNC(=O)Cn1c(=O)n(C)c2ccccc21)c1cccc(F)c1. The summed E-state index contributed by atoms with van der Waals surface area (Å²) >= 11 is 0. The number of hydrogen-bond acceptors (Lipinski definition) is 3. The Bertz CT molecular complexity index is 1020. The van der Waals surface area contributed by atoms with Crippen molar-refractivity contribution in [2.75, 3.05) is 20.6 Å². The Balaban J connectivity index is 1.74. The highest BCUT2D eigenvalue weighted by Crippen LogP contribution is 2.18. The molecule has 0 radical (unpaired) electrons. The van der Waals surface area contributed by atoms with Crippen LogP contribution in [0.5, 0.6) is 0 Å². The summed E-state index contributed by atoms with van der Waals surface area (Å²) in [5.74, 6) is -0.579. The largest absolute Gasteiger partial charge is 0.353 e. The molecule has 3 aromatic rings. The van der Waals surface area contributed by atoms with E-state index in [0.29, 0.717) is 6.54 Å². The first-order valence-corrected chi connectivity index (χ1v) is 8.71. The molecule has 3 rings (SSSR count). The number of carbonyl (C=O) groups excluding carboxylic acids is 1. The molecule has 1 atom stereocenters. The minimum atomic E-state index is -0.312. The molecule has 1 heterocycles. The molecule has 1 aromatic heterocycles. The van der Waals surface area contributed by atoms with Gasteiger partial charge in [0.05, 0.1) is 17.1 Å². The number of aryl methyl sites for hydroxylation is 1. The number of nitrogens with one attached hydrogen (secondary N) is 1. The topological polar surface area (TPSA) is 59.3 Å². The predicted molar refractivity (Wildman–Crippen MR) is 103 cm³/mol. The summed E-state index contributed by atoms with van der Waals surface area (Å²) in [6.07, 6.45) is 0. The number of fused-ring (bicyclic) bond motifs is 1. The van der Waals surface area contributed by atoms with Crippen LogP contribution >= 0.6 is 0 Å². The van der Waals surface area contributed by atoms with Gasteiger partial charge in [-0.25, -0.2) is 9.18 Å². The number of para-hydroxylation sites is 2. The van der Waals surface area contributed by atoms with Gasteiger partial charge in [0.25, 0.3) is 0 Å². The van der Waals surface area contributed by atoms with Gasteiger partial charge in [-0.05, 0) is 43.9 Å². The van der Waals surface area contributed by atoms with Crippen LogP contribution < -0.4 is 11.0 Å². The lowest BCUT2D eigenvalue weighted by atomic mass is 10.1. The van der Waals surface area contributed by atoms with Gasteiger partial charge in [0.1, 0.15) is 12.4 Å². The number of amides is 1. The van der Waals surface area contributed by atoms with Crippen LogP contribution in [0.15, 0.2) is 53.3 Å². The molecule has 0 aliphatic carbocycles. The molecule has 0 fully saturated rings. The molecule has 142 valence electrons. The van der Waals surface area contributed by atoms with Gasteiger partial charge >= 0.3 is 5.69 Å². The zero-order valence-electron chi connectivity index (χ0n) is 15.6. The van der Waals surface area contributed by atoms with Crippen molar-refractivity contribution in [1.82, 2.24) is 19.4 Å². The van der Waals surface area contributed by atoms with E-state index in [1.54, 1.807) is 13.1 Å². The molecule has 6 nitrogen and oxygen atoms in total. The fourth-order valence-corrected chi connectivity index (χ4v) is 3.24. The summed E-state index contributed by atoms with van der Waals surface area (Å²) in [6, 6.07) is 13.5. The summed E-state index contributed by atoms with van der Waals surface area (Å²) in [7, 11) is 5.43. The molecular formula is C20H23FN4O2. The lowest BCUT2D eigenvalue weighted by Crippen LogP contribution is -2.38. The Labute approximate surface area is 156 Å². The minimum absolute atomic E-state index is 0.0660. The normalized spacial score (nSPS) is 12.5. The zero-order valence-corrected chi connectivity index (χ0v) is 15.6. The van der Waals surface area contributed by atoms with Gasteiger partial charge in [-0.2, -0.15) is 0 Å². The minimum Gasteiger partial charge on any atom is -0.353 e. The monoisotopic (exact) mass is 370 g/mol. The van der Waals surface area contributed by atoms with E-state index in [1.165, 1.54) is 21.3 Å². The van der Waals surface area contributed by atoms with Crippen molar-refractivity contribution < 1.29 is 9.18 Å². The molecular weight excluding hydrogens is 347 g/mol. The maximum atomic E-state index is 13.5. The zero-order chi connectivity index (χ0) is 19.6. The molecule has 0 bridgehead atoms. The smallest absolute Gasteiger partial charge is 0.329 e. The highest BCUT2D eigenvalue weighted by molar-refractivity contribution is 5.80. The van der Waals surface area contributed by atoms with Crippen molar-refractivity contribution in [3.63, 3.8) is 0 Å². The maximum absolute atomic E-state index is 13.5. The second kappa shape index (κ2) is 7.75. The number of hydrogen-bond donors (Lipinski definition) is 1. The molecule has 2 aromatic carbocycles. The first kappa shape index (κ1) is 18.8. The second-order valence-electron chi connectivity index (χ2n) is 6.75. The van der Waals surface area contributed by atoms with Crippen LogP contribution in [0.4, 0.5) is 4.39 Å². The van der Waals surface area contributed by atoms with E-state index < -0.39 is 0 Å².